The van der Waals surface area contributed by atoms with Crippen LogP contribution in [-0.2, 0) is 20.7 Å². The van der Waals surface area contributed by atoms with E-state index in [-0.39, 0.29) is 6.42 Å². The van der Waals surface area contributed by atoms with Crippen LogP contribution < -0.4 is 5.11 Å². The van der Waals surface area contributed by atoms with Crippen molar-refractivity contribution < 1.29 is 19.4 Å². The van der Waals surface area contributed by atoms with Crippen LogP contribution in [0.1, 0.15) is 12.0 Å². The van der Waals surface area contributed by atoms with Crippen LogP contribution in [-0.4, -0.2) is 19.0 Å². The largest absolute Gasteiger partial charge is 0.550 e. The monoisotopic (exact) mass is 271 g/mol. The Hall–Kier alpha value is -2.36. The molecule has 0 aliphatic carbocycles. The maximum Gasteiger partial charge on any atom is 0.309 e. The van der Waals surface area contributed by atoms with Crippen LogP contribution in [0, 0.1) is 5.92 Å². The summed E-state index contributed by atoms with van der Waals surface area (Å²) < 4.78 is 4.64. The minimum absolute atomic E-state index is 0.325. The summed E-state index contributed by atoms with van der Waals surface area (Å²) in [7, 11) is 1.25. The number of carbonyl (C=O) groups is 2. The summed E-state index contributed by atoms with van der Waals surface area (Å²) in [4.78, 5) is 22.3. The molecule has 0 saturated carbocycles. The van der Waals surface area contributed by atoms with Crippen molar-refractivity contribution in [2.75, 3.05) is 7.11 Å². The van der Waals surface area contributed by atoms with Crippen molar-refractivity contribution >= 4 is 22.7 Å². The van der Waals surface area contributed by atoms with E-state index in [9.17, 15) is 14.7 Å². The summed E-state index contributed by atoms with van der Waals surface area (Å²) in [5, 5.41) is 12.9. The lowest BCUT2D eigenvalue weighted by molar-refractivity contribution is -0.306. The number of methoxy groups -OCH3 is 1. The average molecular weight is 271 g/mol. The Kier molecular flexibility index (Phi) is 4.35. The zero-order valence-electron chi connectivity index (χ0n) is 11.2. The topological polar surface area (TPSA) is 66.4 Å². The van der Waals surface area contributed by atoms with Crippen molar-refractivity contribution in [3.63, 3.8) is 0 Å². The number of esters is 1. The van der Waals surface area contributed by atoms with Gasteiger partial charge in [0.2, 0.25) is 0 Å². The van der Waals surface area contributed by atoms with Gasteiger partial charge in [-0.25, -0.2) is 0 Å². The summed E-state index contributed by atoms with van der Waals surface area (Å²) in [6.07, 6.45) is -0.00894. The van der Waals surface area contributed by atoms with Crippen LogP contribution >= 0.6 is 0 Å². The number of hydrogen-bond donors (Lipinski definition) is 0. The van der Waals surface area contributed by atoms with Gasteiger partial charge in [0, 0.05) is 12.4 Å². The highest BCUT2D eigenvalue weighted by molar-refractivity contribution is 5.83. The number of carboxylic acid groups (broad SMARTS) is 1. The van der Waals surface area contributed by atoms with Gasteiger partial charge < -0.3 is 14.6 Å². The van der Waals surface area contributed by atoms with E-state index in [4.69, 9.17) is 0 Å². The SMILES string of the molecule is COC(=O)[C@@H](CC(=O)[O-])Cc1ccc2ccccc2c1. The van der Waals surface area contributed by atoms with Gasteiger partial charge in [0.15, 0.2) is 0 Å². The van der Waals surface area contributed by atoms with Crippen LogP contribution in [0.4, 0.5) is 0 Å². The molecule has 0 N–H and O–H groups in total. The third-order valence-corrected chi connectivity index (χ3v) is 3.24. The number of carbonyl (C=O) groups excluding carboxylic acids is 2. The average Bonchev–Trinajstić information content (AvgIpc) is 2.45. The second-order valence-corrected chi connectivity index (χ2v) is 4.68. The number of rotatable bonds is 5. The molecule has 4 heteroatoms. The molecule has 20 heavy (non-hydrogen) atoms. The van der Waals surface area contributed by atoms with Crippen molar-refractivity contribution in [2.45, 2.75) is 12.8 Å². The summed E-state index contributed by atoms with van der Waals surface area (Å²) in [6, 6.07) is 13.7. The van der Waals surface area contributed by atoms with Gasteiger partial charge in [-0.2, -0.15) is 0 Å². The smallest absolute Gasteiger partial charge is 0.309 e. The van der Waals surface area contributed by atoms with E-state index in [2.05, 4.69) is 4.74 Å². The van der Waals surface area contributed by atoms with Crippen LogP contribution in [0.5, 0.6) is 0 Å². The molecule has 0 aliphatic rings. The predicted molar refractivity (Wildman–Crippen MR) is 72.8 cm³/mol. The zero-order chi connectivity index (χ0) is 14.5. The maximum atomic E-state index is 11.6. The van der Waals surface area contributed by atoms with Crippen LogP contribution in [0.15, 0.2) is 42.5 Å². The van der Waals surface area contributed by atoms with E-state index in [1.54, 1.807) is 0 Å². The molecule has 0 unspecified atom stereocenters. The molecule has 4 nitrogen and oxygen atoms in total. The highest BCUT2D eigenvalue weighted by atomic mass is 16.5. The molecule has 2 rings (SSSR count). The molecular weight excluding hydrogens is 256 g/mol. The second kappa shape index (κ2) is 6.19. The lowest BCUT2D eigenvalue weighted by Crippen LogP contribution is -2.30. The molecule has 0 saturated heterocycles. The van der Waals surface area contributed by atoms with Crippen LogP contribution in [0.2, 0.25) is 0 Å². The molecule has 0 aromatic heterocycles. The van der Waals surface area contributed by atoms with Gasteiger partial charge in [-0.15, -0.1) is 0 Å². The van der Waals surface area contributed by atoms with Gasteiger partial charge in [0.1, 0.15) is 0 Å². The molecular formula is C16H15O4-. The molecule has 2 aromatic carbocycles. The summed E-state index contributed by atoms with van der Waals surface area (Å²) in [6.45, 7) is 0. The number of fused-ring (bicyclic) bond motifs is 1. The van der Waals surface area contributed by atoms with Crippen molar-refractivity contribution in [1.29, 1.82) is 0 Å². The third-order valence-electron chi connectivity index (χ3n) is 3.24. The van der Waals surface area contributed by atoms with Crippen molar-refractivity contribution in [3.05, 3.63) is 48.0 Å². The van der Waals surface area contributed by atoms with Gasteiger partial charge in [-0.3, -0.25) is 4.79 Å². The Bertz CT molecular complexity index is 633. The summed E-state index contributed by atoms with van der Waals surface area (Å²) >= 11 is 0. The Balaban J connectivity index is 2.23. The van der Waals surface area contributed by atoms with E-state index in [0.717, 1.165) is 16.3 Å². The van der Waals surface area contributed by atoms with Crippen molar-refractivity contribution in [2.24, 2.45) is 5.92 Å². The molecule has 0 spiro atoms. The van der Waals surface area contributed by atoms with Crippen molar-refractivity contribution in [1.82, 2.24) is 0 Å². The van der Waals surface area contributed by atoms with Gasteiger partial charge in [0.25, 0.3) is 0 Å². The van der Waals surface area contributed by atoms with Crippen LogP contribution in [0.25, 0.3) is 10.8 Å². The quantitative estimate of drug-likeness (QED) is 0.769. The van der Waals surface area contributed by atoms with Gasteiger partial charge in [-0.05, 0) is 22.8 Å². The molecule has 2 aromatic rings. The zero-order valence-corrected chi connectivity index (χ0v) is 11.2. The number of carboxylic acids is 1. The molecule has 0 fully saturated rings. The van der Waals surface area contributed by atoms with Crippen LogP contribution in [0.3, 0.4) is 0 Å². The molecule has 0 aliphatic heterocycles. The molecule has 0 radical (unpaired) electrons. The summed E-state index contributed by atoms with van der Waals surface area (Å²) in [5.41, 5.74) is 0.903. The fourth-order valence-corrected chi connectivity index (χ4v) is 2.26. The highest BCUT2D eigenvalue weighted by Gasteiger charge is 2.20. The maximum absolute atomic E-state index is 11.6. The van der Waals surface area contributed by atoms with Gasteiger partial charge in [0.05, 0.1) is 13.0 Å². The van der Waals surface area contributed by atoms with Crippen molar-refractivity contribution in [3.8, 4) is 0 Å². The molecule has 0 bridgehead atoms. The third kappa shape index (κ3) is 3.35. The van der Waals surface area contributed by atoms with E-state index in [1.807, 2.05) is 42.5 Å². The van der Waals surface area contributed by atoms with E-state index >= 15 is 0 Å². The van der Waals surface area contributed by atoms with Gasteiger partial charge >= 0.3 is 5.97 Å². The van der Waals surface area contributed by atoms with Gasteiger partial charge in [-0.1, -0.05) is 42.5 Å². The highest BCUT2D eigenvalue weighted by Crippen LogP contribution is 2.19. The number of ether oxygens (including phenoxy) is 1. The Morgan fingerprint density at radius 1 is 1.15 bits per heavy atom. The minimum atomic E-state index is -1.25. The molecule has 1 atom stereocenters. The normalized spacial score (nSPS) is 12.1. The minimum Gasteiger partial charge on any atom is -0.550 e. The molecule has 0 amide bonds. The van der Waals surface area contributed by atoms with E-state index in [1.165, 1.54) is 7.11 Å². The Morgan fingerprint density at radius 3 is 2.50 bits per heavy atom. The van der Waals surface area contributed by atoms with E-state index < -0.39 is 17.9 Å². The fraction of sp³-hybridized carbons (Fsp3) is 0.250. The summed E-state index contributed by atoms with van der Waals surface area (Å²) in [5.74, 6) is -2.49. The second-order valence-electron chi connectivity index (χ2n) is 4.68. The first-order valence-corrected chi connectivity index (χ1v) is 6.35. The molecule has 0 heterocycles. The number of hydrogen-bond acceptors (Lipinski definition) is 4. The lowest BCUT2D eigenvalue weighted by Gasteiger charge is -2.15. The van der Waals surface area contributed by atoms with E-state index in [0.29, 0.717) is 6.42 Å². The fourth-order valence-electron chi connectivity index (χ4n) is 2.26. The first-order valence-electron chi connectivity index (χ1n) is 6.35. The number of aliphatic carboxylic acids is 1. The Labute approximate surface area is 117 Å². The Morgan fingerprint density at radius 2 is 1.85 bits per heavy atom. The predicted octanol–water partition coefficient (Wildman–Crippen LogP) is 1.31. The first-order chi connectivity index (χ1) is 9.60. The first kappa shape index (κ1) is 14.1. The number of benzene rings is 2. The molecule has 104 valence electrons. The lowest BCUT2D eigenvalue weighted by atomic mass is 9.95. The standard InChI is InChI=1S/C16H16O4/c1-20-16(19)14(10-15(17)18)9-11-6-7-12-4-2-3-5-13(12)8-11/h2-8,14H,9-10H2,1H3,(H,17,18)/p-1/t14-/m1/s1.